The highest BCUT2D eigenvalue weighted by atomic mass is 32.2. The van der Waals surface area contributed by atoms with Crippen molar-refractivity contribution >= 4 is 15.9 Å². The van der Waals surface area contributed by atoms with Gasteiger partial charge in [-0.3, -0.25) is 4.79 Å². The first-order valence-electron chi connectivity index (χ1n) is 9.12. The van der Waals surface area contributed by atoms with E-state index in [-0.39, 0.29) is 16.8 Å². The minimum Gasteiger partial charge on any atom is -0.497 e. The maximum absolute atomic E-state index is 12.8. The number of hydrogen-bond donors (Lipinski definition) is 1. The minimum absolute atomic E-state index is 0.0926. The van der Waals surface area contributed by atoms with Gasteiger partial charge >= 0.3 is 0 Å². The average molecular weight is 405 g/mol. The number of ether oxygens (including phenoxy) is 1. The molecule has 0 unspecified atom stereocenters. The molecule has 2 aromatic rings. The molecule has 1 amide bonds. The second-order valence-electron chi connectivity index (χ2n) is 7.24. The van der Waals surface area contributed by atoms with Crippen LogP contribution in [0.25, 0.3) is 0 Å². The summed E-state index contributed by atoms with van der Waals surface area (Å²) >= 11 is 0. The van der Waals surface area contributed by atoms with Gasteiger partial charge in [-0.1, -0.05) is 32.0 Å². The molecule has 152 valence electrons. The quantitative estimate of drug-likeness (QED) is 0.731. The van der Waals surface area contributed by atoms with Crippen molar-refractivity contribution in [3.05, 3.63) is 59.7 Å². The van der Waals surface area contributed by atoms with Crippen LogP contribution in [0.15, 0.2) is 53.4 Å². The Kier molecular flexibility index (Phi) is 7.21. The standard InChI is InChI=1S/C21H28N2O4S/c1-15(2)13-20(16-9-11-18(27-5)12-10-16)22-21(24)17-7-6-8-19(14-17)28(25,26)23(3)4/h6-12,14-15,20H,13H2,1-5H3,(H,22,24)/t20-/m1/s1. The molecule has 0 saturated carbocycles. The third-order valence-corrected chi connectivity index (χ3v) is 6.22. The van der Waals surface area contributed by atoms with Crippen molar-refractivity contribution in [2.75, 3.05) is 21.2 Å². The zero-order valence-corrected chi connectivity index (χ0v) is 17.8. The van der Waals surface area contributed by atoms with Gasteiger partial charge in [0.1, 0.15) is 5.75 Å². The Labute approximate surface area is 167 Å². The number of methoxy groups -OCH3 is 1. The summed E-state index contributed by atoms with van der Waals surface area (Å²) in [6.45, 7) is 4.18. The first kappa shape index (κ1) is 21.9. The van der Waals surface area contributed by atoms with E-state index >= 15 is 0 Å². The minimum atomic E-state index is -3.60. The number of sulfonamides is 1. The van der Waals surface area contributed by atoms with E-state index in [1.54, 1.807) is 19.2 Å². The number of nitrogens with one attached hydrogen (secondary N) is 1. The smallest absolute Gasteiger partial charge is 0.251 e. The molecule has 0 aliphatic carbocycles. The summed E-state index contributed by atoms with van der Waals surface area (Å²) in [4.78, 5) is 12.9. The second kappa shape index (κ2) is 9.21. The SMILES string of the molecule is COc1ccc([C@@H](CC(C)C)NC(=O)c2cccc(S(=O)(=O)N(C)C)c2)cc1. The highest BCUT2D eigenvalue weighted by Gasteiger charge is 2.21. The lowest BCUT2D eigenvalue weighted by atomic mass is 9.96. The van der Waals surface area contributed by atoms with E-state index < -0.39 is 10.0 Å². The predicted molar refractivity (Wildman–Crippen MR) is 110 cm³/mol. The fourth-order valence-electron chi connectivity index (χ4n) is 2.84. The Morgan fingerprint density at radius 1 is 1.11 bits per heavy atom. The molecular weight excluding hydrogens is 376 g/mol. The molecule has 1 N–H and O–H groups in total. The Hall–Kier alpha value is -2.38. The first-order valence-corrected chi connectivity index (χ1v) is 10.6. The molecule has 1 atom stereocenters. The third kappa shape index (κ3) is 5.33. The molecule has 0 aliphatic heterocycles. The van der Waals surface area contributed by atoms with Crippen molar-refractivity contribution in [2.24, 2.45) is 5.92 Å². The summed E-state index contributed by atoms with van der Waals surface area (Å²) < 4.78 is 31.0. The van der Waals surface area contributed by atoms with E-state index in [4.69, 9.17) is 4.74 Å². The monoisotopic (exact) mass is 404 g/mol. The summed E-state index contributed by atoms with van der Waals surface area (Å²) in [6, 6.07) is 13.5. The van der Waals surface area contributed by atoms with Gasteiger partial charge in [0.05, 0.1) is 18.0 Å². The number of benzene rings is 2. The van der Waals surface area contributed by atoms with Gasteiger partial charge in [0.2, 0.25) is 10.0 Å². The Bertz CT molecular complexity index is 906. The van der Waals surface area contributed by atoms with E-state index in [1.807, 2.05) is 24.3 Å². The van der Waals surface area contributed by atoms with E-state index in [0.717, 1.165) is 22.0 Å². The number of carbonyl (C=O) groups excluding carboxylic acids is 1. The van der Waals surface area contributed by atoms with Crippen LogP contribution in [0.4, 0.5) is 0 Å². The van der Waals surface area contributed by atoms with Gasteiger partial charge in [0, 0.05) is 19.7 Å². The number of nitrogens with zero attached hydrogens (tertiary/aromatic N) is 1. The van der Waals surface area contributed by atoms with Gasteiger partial charge < -0.3 is 10.1 Å². The molecule has 0 aromatic heterocycles. The van der Waals surface area contributed by atoms with Gasteiger partial charge in [0.15, 0.2) is 0 Å². The lowest BCUT2D eigenvalue weighted by Gasteiger charge is -2.22. The molecule has 0 spiro atoms. The van der Waals surface area contributed by atoms with Crippen LogP contribution in [-0.4, -0.2) is 39.8 Å². The van der Waals surface area contributed by atoms with Gasteiger partial charge in [-0.25, -0.2) is 12.7 Å². The topological polar surface area (TPSA) is 75.7 Å². The van der Waals surface area contributed by atoms with Crippen LogP contribution in [0.3, 0.4) is 0 Å². The van der Waals surface area contributed by atoms with E-state index in [1.165, 1.54) is 26.2 Å². The number of amides is 1. The summed E-state index contributed by atoms with van der Waals surface area (Å²) in [5.41, 5.74) is 1.28. The zero-order chi connectivity index (χ0) is 20.9. The predicted octanol–water partition coefficient (Wildman–Crippen LogP) is 3.46. The molecule has 0 heterocycles. The molecule has 7 heteroatoms. The molecule has 28 heavy (non-hydrogen) atoms. The van der Waals surface area contributed by atoms with E-state index in [2.05, 4.69) is 19.2 Å². The molecule has 0 aliphatic rings. The summed E-state index contributed by atoms with van der Waals surface area (Å²) in [5.74, 6) is 0.810. The number of carbonyl (C=O) groups is 1. The van der Waals surface area contributed by atoms with Crippen LogP contribution in [0.2, 0.25) is 0 Å². The Morgan fingerprint density at radius 3 is 2.29 bits per heavy atom. The summed E-state index contributed by atoms with van der Waals surface area (Å²) in [5, 5.41) is 3.04. The summed E-state index contributed by atoms with van der Waals surface area (Å²) in [6.07, 6.45) is 0.758. The van der Waals surface area contributed by atoms with E-state index in [0.29, 0.717) is 11.5 Å². The molecule has 0 fully saturated rings. The van der Waals surface area contributed by atoms with Crippen molar-refractivity contribution in [1.82, 2.24) is 9.62 Å². The van der Waals surface area contributed by atoms with Crippen molar-refractivity contribution < 1.29 is 17.9 Å². The van der Waals surface area contributed by atoms with Crippen LogP contribution < -0.4 is 10.1 Å². The van der Waals surface area contributed by atoms with Crippen LogP contribution in [-0.2, 0) is 10.0 Å². The largest absolute Gasteiger partial charge is 0.497 e. The van der Waals surface area contributed by atoms with Crippen LogP contribution in [0.1, 0.15) is 42.2 Å². The Balaban J connectivity index is 2.28. The van der Waals surface area contributed by atoms with Crippen LogP contribution in [0, 0.1) is 5.92 Å². The normalized spacial score (nSPS) is 12.8. The molecule has 0 saturated heterocycles. The van der Waals surface area contributed by atoms with Gasteiger partial charge in [-0.15, -0.1) is 0 Å². The Morgan fingerprint density at radius 2 is 1.75 bits per heavy atom. The summed E-state index contributed by atoms with van der Waals surface area (Å²) in [7, 11) is 0.933. The van der Waals surface area contributed by atoms with Crippen molar-refractivity contribution in [2.45, 2.75) is 31.2 Å². The lowest BCUT2D eigenvalue weighted by Crippen LogP contribution is -2.30. The molecule has 0 radical (unpaired) electrons. The molecule has 0 bridgehead atoms. The molecular formula is C21H28N2O4S. The third-order valence-electron chi connectivity index (χ3n) is 4.41. The van der Waals surface area contributed by atoms with Crippen LogP contribution >= 0.6 is 0 Å². The lowest BCUT2D eigenvalue weighted by molar-refractivity contribution is 0.0931. The number of rotatable bonds is 8. The van der Waals surface area contributed by atoms with E-state index in [9.17, 15) is 13.2 Å². The molecule has 6 nitrogen and oxygen atoms in total. The average Bonchev–Trinajstić information content (AvgIpc) is 2.67. The second-order valence-corrected chi connectivity index (χ2v) is 9.40. The maximum Gasteiger partial charge on any atom is 0.251 e. The van der Waals surface area contributed by atoms with Gasteiger partial charge in [0.25, 0.3) is 5.91 Å². The fourth-order valence-corrected chi connectivity index (χ4v) is 3.78. The van der Waals surface area contributed by atoms with Gasteiger partial charge in [-0.05, 0) is 48.2 Å². The maximum atomic E-state index is 12.8. The zero-order valence-electron chi connectivity index (χ0n) is 17.0. The highest BCUT2D eigenvalue weighted by molar-refractivity contribution is 7.89. The van der Waals surface area contributed by atoms with Crippen LogP contribution in [0.5, 0.6) is 5.75 Å². The van der Waals surface area contributed by atoms with Crippen molar-refractivity contribution in [3.8, 4) is 5.75 Å². The molecule has 2 rings (SSSR count). The number of hydrogen-bond acceptors (Lipinski definition) is 4. The van der Waals surface area contributed by atoms with Crippen molar-refractivity contribution in [3.63, 3.8) is 0 Å². The van der Waals surface area contributed by atoms with Crippen molar-refractivity contribution in [1.29, 1.82) is 0 Å². The highest BCUT2D eigenvalue weighted by Crippen LogP contribution is 2.24. The fraction of sp³-hybridized carbons (Fsp3) is 0.381. The first-order chi connectivity index (χ1) is 13.1. The molecule has 2 aromatic carbocycles. The van der Waals surface area contributed by atoms with Gasteiger partial charge in [-0.2, -0.15) is 0 Å².